The molecule has 0 aromatic carbocycles. The molecule has 13 heavy (non-hydrogen) atoms. The highest BCUT2D eigenvalue weighted by atomic mass is 35.5. The Kier molecular flexibility index (Phi) is 3.62. The van der Waals surface area contributed by atoms with Crippen LogP contribution in [0.1, 0.15) is 11.8 Å². The van der Waals surface area contributed by atoms with E-state index < -0.39 is 18.8 Å². The maximum Gasteiger partial charge on any atom is 0.124 e. The molecule has 0 aliphatic rings. The summed E-state index contributed by atoms with van der Waals surface area (Å²) in [6, 6.07) is 3.04. The topological polar surface area (TPSA) is 73.6 Å². The van der Waals surface area contributed by atoms with Crippen molar-refractivity contribution in [1.82, 2.24) is 4.98 Å². The molecule has 0 fully saturated rings. The Morgan fingerprint density at radius 1 is 1.38 bits per heavy atom. The lowest BCUT2D eigenvalue weighted by Crippen LogP contribution is -2.22. The third-order valence-corrected chi connectivity index (χ3v) is 1.83. The van der Waals surface area contributed by atoms with E-state index in [1.165, 1.54) is 12.3 Å². The van der Waals surface area contributed by atoms with E-state index in [4.69, 9.17) is 21.8 Å². The zero-order chi connectivity index (χ0) is 9.84. The fourth-order valence-corrected chi connectivity index (χ4v) is 0.971. The second-order valence-corrected chi connectivity index (χ2v) is 3.03. The van der Waals surface area contributed by atoms with Crippen molar-refractivity contribution in [3.05, 3.63) is 29.0 Å². The van der Waals surface area contributed by atoms with Crippen LogP contribution in [0.25, 0.3) is 0 Å². The molecule has 0 spiro atoms. The summed E-state index contributed by atoms with van der Waals surface area (Å²) in [5, 5.41) is 27.5. The molecule has 0 saturated heterocycles. The van der Waals surface area contributed by atoms with Crippen molar-refractivity contribution in [2.75, 3.05) is 6.61 Å². The fraction of sp³-hybridized carbons (Fsp3) is 0.375. The largest absolute Gasteiger partial charge is 0.394 e. The summed E-state index contributed by atoms with van der Waals surface area (Å²) in [4.78, 5) is 3.79. The molecule has 1 heterocycles. The van der Waals surface area contributed by atoms with Gasteiger partial charge >= 0.3 is 0 Å². The number of pyridine rings is 1. The van der Waals surface area contributed by atoms with Gasteiger partial charge in [-0.05, 0) is 12.1 Å². The van der Waals surface area contributed by atoms with Crippen LogP contribution in [-0.2, 0) is 0 Å². The highest BCUT2D eigenvalue weighted by Gasteiger charge is 2.18. The predicted octanol–water partition coefficient (Wildman–Crippen LogP) is 0.122. The fourth-order valence-electron chi connectivity index (χ4n) is 0.859. The minimum Gasteiger partial charge on any atom is -0.394 e. The number of rotatable bonds is 3. The van der Waals surface area contributed by atoms with E-state index >= 15 is 0 Å². The average Bonchev–Trinajstić information content (AvgIpc) is 2.17. The van der Waals surface area contributed by atoms with Gasteiger partial charge in [-0.2, -0.15) is 0 Å². The first kappa shape index (κ1) is 10.4. The number of aromatic nitrogens is 1. The van der Waals surface area contributed by atoms with Crippen molar-refractivity contribution in [2.24, 2.45) is 0 Å². The molecule has 0 saturated carbocycles. The first-order valence-corrected chi connectivity index (χ1v) is 4.11. The molecule has 2 atom stereocenters. The van der Waals surface area contributed by atoms with E-state index in [2.05, 4.69) is 4.98 Å². The van der Waals surface area contributed by atoms with Crippen molar-refractivity contribution in [3.8, 4) is 0 Å². The van der Waals surface area contributed by atoms with E-state index in [1.807, 2.05) is 0 Å². The monoisotopic (exact) mass is 203 g/mol. The van der Waals surface area contributed by atoms with Crippen molar-refractivity contribution in [1.29, 1.82) is 0 Å². The van der Waals surface area contributed by atoms with Crippen LogP contribution in [0.15, 0.2) is 18.3 Å². The Morgan fingerprint density at radius 2 is 2.08 bits per heavy atom. The van der Waals surface area contributed by atoms with E-state index in [9.17, 15) is 5.11 Å². The van der Waals surface area contributed by atoms with Crippen molar-refractivity contribution in [3.63, 3.8) is 0 Å². The Bertz CT molecular complexity index is 265. The second-order valence-electron chi connectivity index (χ2n) is 2.60. The molecule has 1 aromatic heterocycles. The first-order chi connectivity index (χ1) is 6.15. The van der Waals surface area contributed by atoms with Crippen LogP contribution in [0.3, 0.4) is 0 Å². The standard InChI is InChI=1S/C8H10ClNO3/c9-5-1-2-6(10-3-5)8(13)7(12)4-11/h1-3,7-8,11-13H,4H2. The molecule has 2 unspecified atom stereocenters. The Hall–Kier alpha value is -0.680. The normalized spacial score (nSPS) is 15.4. The lowest BCUT2D eigenvalue weighted by molar-refractivity contribution is -0.0172. The van der Waals surface area contributed by atoms with Gasteiger partial charge in [0.2, 0.25) is 0 Å². The molecule has 0 amide bonds. The zero-order valence-corrected chi connectivity index (χ0v) is 7.52. The predicted molar refractivity (Wildman–Crippen MR) is 47.3 cm³/mol. The lowest BCUT2D eigenvalue weighted by atomic mass is 10.1. The van der Waals surface area contributed by atoms with E-state index in [-0.39, 0.29) is 5.69 Å². The van der Waals surface area contributed by atoms with Gasteiger partial charge in [-0.25, -0.2) is 0 Å². The van der Waals surface area contributed by atoms with Crippen LogP contribution in [0, 0.1) is 0 Å². The van der Waals surface area contributed by atoms with Gasteiger partial charge in [-0.1, -0.05) is 11.6 Å². The maximum absolute atomic E-state index is 9.36. The van der Waals surface area contributed by atoms with Gasteiger partial charge in [0.05, 0.1) is 17.3 Å². The quantitative estimate of drug-likeness (QED) is 0.653. The van der Waals surface area contributed by atoms with Crippen molar-refractivity contribution < 1.29 is 15.3 Å². The van der Waals surface area contributed by atoms with Crippen molar-refractivity contribution >= 4 is 11.6 Å². The number of hydrogen-bond donors (Lipinski definition) is 3. The van der Waals surface area contributed by atoms with Crippen molar-refractivity contribution in [2.45, 2.75) is 12.2 Å². The van der Waals surface area contributed by atoms with Crippen LogP contribution < -0.4 is 0 Å². The summed E-state index contributed by atoms with van der Waals surface area (Å²) in [5.41, 5.74) is 0.283. The molecular formula is C8H10ClNO3. The van der Waals surface area contributed by atoms with Gasteiger partial charge in [0.15, 0.2) is 0 Å². The molecule has 72 valence electrons. The maximum atomic E-state index is 9.36. The molecule has 0 bridgehead atoms. The zero-order valence-electron chi connectivity index (χ0n) is 6.76. The first-order valence-electron chi connectivity index (χ1n) is 3.73. The second kappa shape index (κ2) is 4.53. The van der Waals surface area contributed by atoms with Crippen LogP contribution in [-0.4, -0.2) is 33.0 Å². The number of aliphatic hydroxyl groups excluding tert-OH is 3. The molecular weight excluding hydrogens is 194 g/mol. The van der Waals surface area contributed by atoms with Crippen LogP contribution >= 0.6 is 11.6 Å². The smallest absolute Gasteiger partial charge is 0.124 e. The summed E-state index contributed by atoms with van der Waals surface area (Å²) in [5.74, 6) is 0. The van der Waals surface area contributed by atoms with Crippen LogP contribution in [0.4, 0.5) is 0 Å². The molecule has 0 aliphatic carbocycles. The highest BCUT2D eigenvalue weighted by Crippen LogP contribution is 2.15. The van der Waals surface area contributed by atoms with E-state index in [0.29, 0.717) is 5.02 Å². The summed E-state index contributed by atoms with van der Waals surface area (Å²) in [6.45, 7) is -0.508. The molecule has 1 rings (SSSR count). The molecule has 4 nitrogen and oxygen atoms in total. The number of hydrogen-bond acceptors (Lipinski definition) is 4. The Balaban J connectivity index is 2.77. The number of halogens is 1. The molecule has 1 aromatic rings. The van der Waals surface area contributed by atoms with Gasteiger partial charge in [-0.15, -0.1) is 0 Å². The third-order valence-electron chi connectivity index (χ3n) is 1.60. The van der Waals surface area contributed by atoms with Crippen LogP contribution in [0.5, 0.6) is 0 Å². The lowest BCUT2D eigenvalue weighted by Gasteiger charge is -2.14. The Morgan fingerprint density at radius 3 is 2.54 bits per heavy atom. The summed E-state index contributed by atoms with van der Waals surface area (Å²) >= 11 is 5.57. The number of nitrogens with zero attached hydrogens (tertiary/aromatic N) is 1. The van der Waals surface area contributed by atoms with Gasteiger partial charge in [-0.3, -0.25) is 4.98 Å². The summed E-state index contributed by atoms with van der Waals surface area (Å²) < 4.78 is 0. The minimum absolute atomic E-state index is 0.283. The Labute approximate surface area is 80.4 Å². The van der Waals surface area contributed by atoms with E-state index in [1.54, 1.807) is 6.07 Å². The minimum atomic E-state index is -1.21. The molecule has 3 N–H and O–H groups in total. The average molecular weight is 204 g/mol. The molecule has 0 aliphatic heterocycles. The SMILES string of the molecule is OCC(O)C(O)c1ccc(Cl)cn1. The van der Waals surface area contributed by atoms with Gasteiger partial charge in [0.1, 0.15) is 12.2 Å². The van der Waals surface area contributed by atoms with Gasteiger partial charge in [0, 0.05) is 6.20 Å². The molecule has 0 radical (unpaired) electrons. The summed E-state index contributed by atoms with van der Waals surface area (Å²) in [6.07, 6.45) is -1.03. The number of aliphatic hydroxyl groups is 3. The van der Waals surface area contributed by atoms with Crippen LogP contribution in [0.2, 0.25) is 5.02 Å². The summed E-state index contributed by atoms with van der Waals surface area (Å²) in [7, 11) is 0. The highest BCUT2D eigenvalue weighted by molar-refractivity contribution is 6.30. The van der Waals surface area contributed by atoms with Gasteiger partial charge in [0.25, 0.3) is 0 Å². The van der Waals surface area contributed by atoms with Gasteiger partial charge < -0.3 is 15.3 Å². The molecule has 5 heteroatoms. The van der Waals surface area contributed by atoms with E-state index in [0.717, 1.165) is 0 Å². The third kappa shape index (κ3) is 2.63.